The maximum atomic E-state index is 14.9. The Balaban J connectivity index is 1.33. The highest BCUT2D eigenvalue weighted by Crippen LogP contribution is 2.32. The van der Waals surface area contributed by atoms with Gasteiger partial charge in [0.05, 0.1) is 5.92 Å². The van der Waals surface area contributed by atoms with Gasteiger partial charge in [0.15, 0.2) is 0 Å². The largest absolute Gasteiger partial charge is 0.481 e. The third-order valence-electron chi connectivity index (χ3n) is 5.71. The van der Waals surface area contributed by atoms with E-state index in [0.29, 0.717) is 29.5 Å². The fourth-order valence-corrected chi connectivity index (χ4v) is 3.85. The van der Waals surface area contributed by atoms with E-state index in [2.05, 4.69) is 21.0 Å². The third kappa shape index (κ3) is 3.74. The standard InChI is InChI=1S/C24H20FN3O3/c1-13-2-5-21-15(6-13)10-22(28-21)19-4-3-14(9-20(19)25)17-11-26-24(27-12-17)31-18-7-16(8-18)23(29)30/h2-6,9-12,16,18,28H,7-8H2,1H3,(H,29,30). The van der Waals surface area contributed by atoms with Gasteiger partial charge in [-0.3, -0.25) is 4.79 Å². The highest BCUT2D eigenvalue weighted by molar-refractivity contribution is 5.86. The molecule has 0 atom stereocenters. The molecule has 5 rings (SSSR count). The Morgan fingerprint density at radius 3 is 2.58 bits per heavy atom. The molecule has 0 saturated heterocycles. The first-order chi connectivity index (χ1) is 15.0. The average molecular weight is 417 g/mol. The number of fused-ring (bicyclic) bond motifs is 1. The summed E-state index contributed by atoms with van der Waals surface area (Å²) in [5.74, 6) is -1.49. The van der Waals surface area contributed by atoms with Crippen LogP contribution in [0.1, 0.15) is 18.4 Å². The molecule has 0 bridgehead atoms. The average Bonchev–Trinajstić information content (AvgIpc) is 3.13. The monoisotopic (exact) mass is 417 g/mol. The highest BCUT2D eigenvalue weighted by atomic mass is 19.1. The third-order valence-corrected chi connectivity index (χ3v) is 5.71. The van der Waals surface area contributed by atoms with Gasteiger partial charge in [-0.15, -0.1) is 0 Å². The van der Waals surface area contributed by atoms with Crippen molar-refractivity contribution in [3.05, 3.63) is 66.2 Å². The van der Waals surface area contributed by atoms with Gasteiger partial charge in [0.1, 0.15) is 11.9 Å². The summed E-state index contributed by atoms with van der Waals surface area (Å²) in [5.41, 5.74) is 4.67. The first kappa shape index (κ1) is 19.2. The number of carboxylic acid groups (broad SMARTS) is 1. The lowest BCUT2D eigenvalue weighted by Gasteiger charge is -2.31. The molecule has 2 aromatic heterocycles. The van der Waals surface area contributed by atoms with Crippen LogP contribution in [0.3, 0.4) is 0 Å². The molecule has 1 aliphatic rings. The molecule has 0 amide bonds. The zero-order chi connectivity index (χ0) is 21.5. The molecule has 2 aromatic carbocycles. The normalized spacial score (nSPS) is 18.0. The van der Waals surface area contributed by atoms with E-state index < -0.39 is 5.97 Å². The number of halogens is 1. The fraction of sp³-hybridized carbons (Fsp3) is 0.208. The number of H-pyrrole nitrogens is 1. The number of carboxylic acids is 1. The van der Waals surface area contributed by atoms with Crippen LogP contribution in [0.2, 0.25) is 0 Å². The maximum absolute atomic E-state index is 14.9. The number of hydrogen-bond donors (Lipinski definition) is 2. The molecule has 1 aliphatic carbocycles. The molecule has 1 saturated carbocycles. The summed E-state index contributed by atoms with van der Waals surface area (Å²) in [6, 6.07) is 13.3. The molecule has 0 unspecified atom stereocenters. The Labute approximate surface area is 177 Å². The van der Waals surface area contributed by atoms with E-state index in [9.17, 15) is 9.18 Å². The van der Waals surface area contributed by atoms with Crippen molar-refractivity contribution < 1.29 is 19.0 Å². The van der Waals surface area contributed by atoms with E-state index in [4.69, 9.17) is 9.84 Å². The quantitative estimate of drug-likeness (QED) is 0.478. The minimum absolute atomic E-state index is 0.177. The van der Waals surface area contributed by atoms with Crippen LogP contribution in [0.4, 0.5) is 4.39 Å². The Morgan fingerprint density at radius 2 is 1.87 bits per heavy atom. The summed E-state index contributed by atoms with van der Waals surface area (Å²) >= 11 is 0. The lowest BCUT2D eigenvalue weighted by Crippen LogP contribution is -2.38. The number of ether oxygens (including phenoxy) is 1. The minimum Gasteiger partial charge on any atom is -0.481 e. The SMILES string of the molecule is Cc1ccc2[nH]c(-c3ccc(-c4cnc(OC5CC(C(=O)O)C5)nc4)cc3F)cc2c1. The number of aromatic nitrogens is 3. The van der Waals surface area contributed by atoms with Crippen LogP contribution in [0.5, 0.6) is 6.01 Å². The minimum atomic E-state index is -0.802. The van der Waals surface area contributed by atoms with Crippen LogP contribution < -0.4 is 4.74 Å². The Bertz CT molecular complexity index is 1280. The molecule has 1 fully saturated rings. The fourth-order valence-electron chi connectivity index (χ4n) is 3.85. The van der Waals surface area contributed by atoms with Gasteiger partial charge in [-0.25, -0.2) is 14.4 Å². The van der Waals surface area contributed by atoms with Crippen LogP contribution in [0.25, 0.3) is 33.3 Å². The smallest absolute Gasteiger partial charge is 0.316 e. The van der Waals surface area contributed by atoms with Gasteiger partial charge in [0.2, 0.25) is 0 Å². The van der Waals surface area contributed by atoms with Crippen LogP contribution in [-0.4, -0.2) is 32.1 Å². The highest BCUT2D eigenvalue weighted by Gasteiger charge is 2.36. The van der Waals surface area contributed by atoms with Crippen molar-refractivity contribution in [3.8, 4) is 28.4 Å². The molecule has 4 aromatic rings. The second-order valence-corrected chi connectivity index (χ2v) is 7.97. The Morgan fingerprint density at radius 1 is 1.10 bits per heavy atom. The van der Waals surface area contributed by atoms with Crippen LogP contribution in [0.15, 0.2) is 54.9 Å². The first-order valence-electron chi connectivity index (χ1n) is 10.1. The molecule has 0 spiro atoms. The van der Waals surface area contributed by atoms with Gasteiger partial charge >= 0.3 is 12.0 Å². The number of nitrogens with zero attached hydrogens (tertiary/aromatic N) is 2. The predicted octanol–water partition coefficient (Wildman–Crippen LogP) is 4.98. The van der Waals surface area contributed by atoms with E-state index in [1.807, 2.05) is 31.2 Å². The lowest BCUT2D eigenvalue weighted by molar-refractivity contribution is -0.148. The molecule has 2 N–H and O–H groups in total. The van der Waals surface area contributed by atoms with E-state index in [-0.39, 0.29) is 23.8 Å². The number of aliphatic carboxylic acids is 1. The lowest BCUT2D eigenvalue weighted by atomic mass is 9.82. The number of carbonyl (C=O) groups is 1. The Hall–Kier alpha value is -3.74. The molecule has 31 heavy (non-hydrogen) atoms. The van der Waals surface area contributed by atoms with Gasteiger partial charge in [-0.05, 0) is 55.7 Å². The summed E-state index contributed by atoms with van der Waals surface area (Å²) in [6.45, 7) is 2.03. The molecule has 7 heteroatoms. The number of nitrogens with one attached hydrogen (secondary N) is 1. The van der Waals surface area contributed by atoms with Crippen molar-refractivity contribution in [2.45, 2.75) is 25.9 Å². The van der Waals surface area contributed by atoms with Crippen molar-refractivity contribution in [2.75, 3.05) is 0 Å². The number of aryl methyl sites for hydroxylation is 1. The molecule has 6 nitrogen and oxygen atoms in total. The number of hydrogen-bond acceptors (Lipinski definition) is 4. The molecule has 156 valence electrons. The van der Waals surface area contributed by atoms with Crippen LogP contribution in [-0.2, 0) is 4.79 Å². The number of benzene rings is 2. The summed E-state index contributed by atoms with van der Waals surface area (Å²) in [7, 11) is 0. The van der Waals surface area contributed by atoms with Gasteiger partial charge in [-0.2, -0.15) is 0 Å². The van der Waals surface area contributed by atoms with Gasteiger partial charge in [0.25, 0.3) is 0 Å². The van der Waals surface area contributed by atoms with E-state index in [1.165, 1.54) is 6.07 Å². The van der Waals surface area contributed by atoms with Gasteiger partial charge < -0.3 is 14.8 Å². The van der Waals surface area contributed by atoms with E-state index in [1.54, 1.807) is 18.5 Å². The maximum Gasteiger partial charge on any atom is 0.316 e. The van der Waals surface area contributed by atoms with Crippen molar-refractivity contribution in [3.63, 3.8) is 0 Å². The van der Waals surface area contributed by atoms with E-state index >= 15 is 0 Å². The predicted molar refractivity (Wildman–Crippen MR) is 114 cm³/mol. The summed E-state index contributed by atoms with van der Waals surface area (Å²) in [6.07, 6.45) is 3.90. The van der Waals surface area contributed by atoms with Gasteiger partial charge in [-0.1, -0.05) is 17.7 Å². The molecular formula is C24H20FN3O3. The zero-order valence-electron chi connectivity index (χ0n) is 16.8. The zero-order valence-corrected chi connectivity index (χ0v) is 16.8. The first-order valence-corrected chi connectivity index (χ1v) is 10.1. The molecule has 0 radical (unpaired) electrons. The summed E-state index contributed by atoms with van der Waals surface area (Å²) in [5, 5.41) is 9.97. The summed E-state index contributed by atoms with van der Waals surface area (Å²) in [4.78, 5) is 22.5. The topological polar surface area (TPSA) is 88.1 Å². The second kappa shape index (κ2) is 7.50. The number of aromatic amines is 1. The molecule has 2 heterocycles. The summed E-state index contributed by atoms with van der Waals surface area (Å²) < 4.78 is 20.5. The van der Waals surface area contributed by atoms with Crippen LogP contribution in [0, 0.1) is 18.7 Å². The van der Waals surface area contributed by atoms with Crippen molar-refractivity contribution in [1.82, 2.24) is 15.0 Å². The number of rotatable bonds is 5. The Kier molecular flexibility index (Phi) is 4.66. The van der Waals surface area contributed by atoms with E-state index in [0.717, 1.165) is 22.2 Å². The second-order valence-electron chi connectivity index (χ2n) is 7.97. The van der Waals surface area contributed by atoms with Crippen molar-refractivity contribution in [2.24, 2.45) is 5.92 Å². The van der Waals surface area contributed by atoms with Crippen LogP contribution >= 0.6 is 0 Å². The van der Waals surface area contributed by atoms with Gasteiger partial charge in [0, 0.05) is 40.1 Å². The van der Waals surface area contributed by atoms with Crippen molar-refractivity contribution in [1.29, 1.82) is 0 Å². The molecular weight excluding hydrogens is 397 g/mol. The molecule has 0 aliphatic heterocycles. The van der Waals surface area contributed by atoms with Crippen molar-refractivity contribution >= 4 is 16.9 Å².